The molecule has 1 saturated heterocycles. The summed E-state index contributed by atoms with van der Waals surface area (Å²) in [6.45, 7) is 1.90. The summed E-state index contributed by atoms with van der Waals surface area (Å²) in [5.74, 6) is 2.55. The highest BCUT2D eigenvalue weighted by Crippen LogP contribution is 2.39. The lowest BCUT2D eigenvalue weighted by Gasteiger charge is -2.30. The number of thioether (sulfide) groups is 1. The molecule has 1 aromatic carbocycles. The molecular formula is C12H17NOS. The van der Waals surface area contributed by atoms with Gasteiger partial charge in [0.15, 0.2) is 0 Å². The van der Waals surface area contributed by atoms with E-state index in [4.69, 9.17) is 5.73 Å². The molecule has 0 spiro atoms. The molecule has 2 atom stereocenters. The molecule has 0 saturated carbocycles. The number of rotatable bonds is 2. The molecule has 2 unspecified atom stereocenters. The molecule has 1 fully saturated rings. The summed E-state index contributed by atoms with van der Waals surface area (Å²) < 4.78 is 0. The highest BCUT2D eigenvalue weighted by molar-refractivity contribution is 7.99. The Bertz CT molecular complexity index is 345. The standard InChI is InChI=1S/C12H17NOS/c1-12(14,10-5-6-15-8-10)9-3-2-4-11(13)7-9/h2-4,7,10,14H,5-6,8,13H2,1H3. The lowest BCUT2D eigenvalue weighted by molar-refractivity contribution is 0.00479. The van der Waals surface area contributed by atoms with Gasteiger partial charge in [-0.25, -0.2) is 0 Å². The number of benzene rings is 1. The van der Waals surface area contributed by atoms with Crippen LogP contribution in [0.1, 0.15) is 18.9 Å². The van der Waals surface area contributed by atoms with Gasteiger partial charge in [-0.3, -0.25) is 0 Å². The van der Waals surface area contributed by atoms with Crippen LogP contribution in [0.4, 0.5) is 5.69 Å². The van der Waals surface area contributed by atoms with Crippen LogP contribution in [-0.2, 0) is 5.60 Å². The Morgan fingerprint density at radius 3 is 2.93 bits per heavy atom. The molecular weight excluding hydrogens is 206 g/mol. The largest absolute Gasteiger partial charge is 0.399 e. The van der Waals surface area contributed by atoms with Gasteiger partial charge in [0.1, 0.15) is 0 Å². The fourth-order valence-corrected chi connectivity index (χ4v) is 3.46. The van der Waals surface area contributed by atoms with E-state index in [0.29, 0.717) is 5.92 Å². The molecule has 1 aromatic rings. The Balaban J connectivity index is 2.27. The van der Waals surface area contributed by atoms with Gasteiger partial charge in [-0.2, -0.15) is 11.8 Å². The van der Waals surface area contributed by atoms with E-state index in [2.05, 4.69) is 0 Å². The second-order valence-corrected chi connectivity index (χ2v) is 5.48. The summed E-state index contributed by atoms with van der Waals surface area (Å²) in [6, 6.07) is 7.59. The van der Waals surface area contributed by atoms with Crippen molar-refractivity contribution in [1.82, 2.24) is 0 Å². The van der Waals surface area contributed by atoms with Gasteiger partial charge in [-0.05, 0) is 42.5 Å². The van der Waals surface area contributed by atoms with Gasteiger partial charge >= 0.3 is 0 Å². The van der Waals surface area contributed by atoms with Crippen LogP contribution in [0.15, 0.2) is 24.3 Å². The number of aliphatic hydroxyl groups is 1. The zero-order valence-electron chi connectivity index (χ0n) is 8.94. The fraction of sp³-hybridized carbons (Fsp3) is 0.500. The highest BCUT2D eigenvalue weighted by Gasteiger charge is 2.35. The maximum absolute atomic E-state index is 10.5. The van der Waals surface area contributed by atoms with E-state index in [1.807, 2.05) is 43.0 Å². The molecule has 0 amide bonds. The van der Waals surface area contributed by atoms with Crippen molar-refractivity contribution < 1.29 is 5.11 Å². The van der Waals surface area contributed by atoms with E-state index in [0.717, 1.165) is 29.2 Å². The van der Waals surface area contributed by atoms with Crippen molar-refractivity contribution in [3.63, 3.8) is 0 Å². The van der Waals surface area contributed by atoms with Gasteiger partial charge in [0.2, 0.25) is 0 Å². The zero-order valence-corrected chi connectivity index (χ0v) is 9.76. The molecule has 1 aliphatic heterocycles. The summed E-state index contributed by atoms with van der Waals surface area (Å²) in [6.07, 6.45) is 1.09. The predicted octanol–water partition coefficient (Wildman–Crippen LogP) is 2.23. The lowest BCUT2D eigenvalue weighted by atomic mass is 9.82. The monoisotopic (exact) mass is 223 g/mol. The average Bonchev–Trinajstić information content (AvgIpc) is 2.71. The van der Waals surface area contributed by atoms with Crippen LogP contribution in [0.2, 0.25) is 0 Å². The molecule has 2 nitrogen and oxygen atoms in total. The molecule has 3 N–H and O–H groups in total. The van der Waals surface area contributed by atoms with E-state index in [9.17, 15) is 5.11 Å². The van der Waals surface area contributed by atoms with Crippen molar-refractivity contribution in [2.75, 3.05) is 17.2 Å². The van der Waals surface area contributed by atoms with Gasteiger partial charge in [0.05, 0.1) is 5.60 Å². The van der Waals surface area contributed by atoms with Crippen LogP contribution in [0.3, 0.4) is 0 Å². The molecule has 0 radical (unpaired) electrons. The Morgan fingerprint density at radius 2 is 2.33 bits per heavy atom. The Morgan fingerprint density at radius 1 is 1.53 bits per heavy atom. The summed E-state index contributed by atoms with van der Waals surface area (Å²) >= 11 is 1.92. The Labute approximate surface area is 94.9 Å². The summed E-state index contributed by atoms with van der Waals surface area (Å²) in [5, 5.41) is 10.5. The lowest BCUT2D eigenvalue weighted by Crippen LogP contribution is -2.31. The van der Waals surface area contributed by atoms with E-state index >= 15 is 0 Å². The summed E-state index contributed by atoms with van der Waals surface area (Å²) in [5.41, 5.74) is 6.66. The van der Waals surface area contributed by atoms with E-state index < -0.39 is 5.60 Å². The first-order valence-corrected chi connectivity index (χ1v) is 6.42. The Kier molecular flexibility index (Phi) is 2.94. The van der Waals surface area contributed by atoms with Gasteiger partial charge in [-0.15, -0.1) is 0 Å². The fourth-order valence-electron chi connectivity index (χ4n) is 2.07. The normalized spacial score (nSPS) is 25.1. The third-order valence-electron chi connectivity index (χ3n) is 3.20. The number of anilines is 1. The molecule has 3 heteroatoms. The van der Waals surface area contributed by atoms with E-state index in [1.54, 1.807) is 0 Å². The minimum absolute atomic E-state index is 0.351. The number of hydrogen-bond acceptors (Lipinski definition) is 3. The van der Waals surface area contributed by atoms with Crippen LogP contribution >= 0.6 is 11.8 Å². The second-order valence-electron chi connectivity index (χ2n) is 4.33. The van der Waals surface area contributed by atoms with Gasteiger partial charge in [0.25, 0.3) is 0 Å². The molecule has 15 heavy (non-hydrogen) atoms. The first-order valence-electron chi connectivity index (χ1n) is 5.27. The maximum atomic E-state index is 10.5. The molecule has 0 bridgehead atoms. The maximum Gasteiger partial charge on any atom is 0.0905 e. The van der Waals surface area contributed by atoms with Crippen molar-refractivity contribution in [2.45, 2.75) is 18.9 Å². The third-order valence-corrected chi connectivity index (χ3v) is 4.36. The highest BCUT2D eigenvalue weighted by atomic mass is 32.2. The molecule has 82 valence electrons. The van der Waals surface area contributed by atoms with Crippen molar-refractivity contribution in [2.24, 2.45) is 5.92 Å². The van der Waals surface area contributed by atoms with Crippen molar-refractivity contribution in [1.29, 1.82) is 0 Å². The molecule has 1 heterocycles. The molecule has 1 aliphatic rings. The summed E-state index contributed by atoms with van der Waals surface area (Å²) in [4.78, 5) is 0. The number of nitrogen functional groups attached to an aromatic ring is 1. The average molecular weight is 223 g/mol. The van der Waals surface area contributed by atoms with E-state index in [1.165, 1.54) is 0 Å². The van der Waals surface area contributed by atoms with Crippen LogP contribution in [-0.4, -0.2) is 16.6 Å². The van der Waals surface area contributed by atoms with Gasteiger partial charge in [-0.1, -0.05) is 12.1 Å². The van der Waals surface area contributed by atoms with Crippen molar-refractivity contribution in [3.8, 4) is 0 Å². The van der Waals surface area contributed by atoms with Crippen LogP contribution in [0.5, 0.6) is 0 Å². The SMILES string of the molecule is CC(O)(c1cccc(N)c1)C1CCSC1. The second kappa shape index (κ2) is 4.06. The summed E-state index contributed by atoms with van der Waals surface area (Å²) in [7, 11) is 0. The van der Waals surface area contributed by atoms with Crippen molar-refractivity contribution in [3.05, 3.63) is 29.8 Å². The Hall–Kier alpha value is -0.670. The quantitative estimate of drug-likeness (QED) is 0.756. The van der Waals surface area contributed by atoms with Gasteiger partial charge < -0.3 is 10.8 Å². The first-order chi connectivity index (χ1) is 7.10. The third kappa shape index (κ3) is 2.13. The van der Waals surface area contributed by atoms with Crippen molar-refractivity contribution >= 4 is 17.4 Å². The topological polar surface area (TPSA) is 46.2 Å². The molecule has 0 aromatic heterocycles. The molecule has 0 aliphatic carbocycles. The van der Waals surface area contributed by atoms with Gasteiger partial charge in [0, 0.05) is 11.6 Å². The number of nitrogens with two attached hydrogens (primary N) is 1. The van der Waals surface area contributed by atoms with Crippen LogP contribution in [0.25, 0.3) is 0 Å². The van der Waals surface area contributed by atoms with E-state index in [-0.39, 0.29) is 0 Å². The first kappa shape index (κ1) is 10.8. The number of hydrogen-bond donors (Lipinski definition) is 2. The minimum Gasteiger partial charge on any atom is -0.399 e. The minimum atomic E-state index is -0.737. The smallest absolute Gasteiger partial charge is 0.0905 e. The zero-order chi connectivity index (χ0) is 10.9. The predicted molar refractivity (Wildman–Crippen MR) is 65.9 cm³/mol. The molecule has 2 rings (SSSR count). The van der Waals surface area contributed by atoms with Crippen LogP contribution < -0.4 is 5.73 Å². The van der Waals surface area contributed by atoms with Crippen LogP contribution in [0, 0.1) is 5.92 Å².